The second-order valence-electron chi connectivity index (χ2n) is 10.2. The number of carbonyl (C=O) groups is 3. The van der Waals surface area contributed by atoms with Crippen LogP contribution in [0, 0.1) is 18.3 Å². The smallest absolute Gasteiger partial charge is 0.283 e. The fraction of sp³-hybridized carbons (Fsp3) is 0.400. The number of halogens is 1. The fourth-order valence-corrected chi connectivity index (χ4v) is 6.30. The van der Waals surface area contributed by atoms with Crippen molar-refractivity contribution in [2.24, 2.45) is 16.3 Å². The number of hydrogen-bond donors (Lipinski definition) is 2. The summed E-state index contributed by atoms with van der Waals surface area (Å²) in [6.07, 6.45) is 2.36. The summed E-state index contributed by atoms with van der Waals surface area (Å²) in [6.45, 7) is 5.70. The van der Waals surface area contributed by atoms with E-state index in [0.717, 1.165) is 17.1 Å². The molecule has 2 N–H and O–H groups in total. The zero-order valence-electron chi connectivity index (χ0n) is 21.9. The summed E-state index contributed by atoms with van der Waals surface area (Å²) in [7, 11) is 3.08. The minimum atomic E-state index is -0.601. The Balaban J connectivity index is 1.56. The van der Waals surface area contributed by atoms with E-state index in [2.05, 4.69) is 41.5 Å². The first-order chi connectivity index (χ1) is 18.5. The molecule has 1 fully saturated rings. The summed E-state index contributed by atoms with van der Waals surface area (Å²) in [5, 5.41) is 8.31. The molecule has 2 atom stereocenters. The summed E-state index contributed by atoms with van der Waals surface area (Å²) >= 11 is 4.48. The van der Waals surface area contributed by atoms with Gasteiger partial charge in [-0.1, -0.05) is 18.3 Å². The van der Waals surface area contributed by atoms with Gasteiger partial charge in [0.25, 0.3) is 11.8 Å². The highest BCUT2D eigenvalue weighted by atomic mass is 79.9. The van der Waals surface area contributed by atoms with Crippen LogP contribution in [0.25, 0.3) is 0 Å². The Morgan fingerprint density at radius 1 is 1.15 bits per heavy atom. The number of amides is 2. The van der Waals surface area contributed by atoms with Gasteiger partial charge in [-0.25, -0.2) is 9.67 Å². The number of aliphatic imine (C=N–C) groups is 1. The summed E-state index contributed by atoms with van der Waals surface area (Å²) in [5.41, 5.74) is 6.57. The van der Waals surface area contributed by atoms with E-state index in [0.29, 0.717) is 46.0 Å². The van der Waals surface area contributed by atoms with Gasteiger partial charge in [0.15, 0.2) is 17.3 Å². The number of nitrogens with zero attached hydrogens (tertiary/aromatic N) is 5. The maximum Gasteiger partial charge on any atom is 0.283 e. The van der Waals surface area contributed by atoms with Gasteiger partial charge in [0.05, 0.1) is 42.5 Å². The number of ether oxygens (including phenoxy) is 2. The third-order valence-corrected chi connectivity index (χ3v) is 8.22. The zero-order chi connectivity index (χ0) is 28.1. The monoisotopic (exact) mass is 615 g/mol. The van der Waals surface area contributed by atoms with Gasteiger partial charge in [-0.05, 0) is 63.9 Å². The van der Waals surface area contributed by atoms with Crippen molar-refractivity contribution >= 4 is 56.6 Å². The molecule has 3 aromatic rings. The van der Waals surface area contributed by atoms with Gasteiger partial charge in [0, 0.05) is 12.1 Å². The Morgan fingerprint density at radius 2 is 1.90 bits per heavy atom. The van der Waals surface area contributed by atoms with Crippen LogP contribution >= 0.6 is 27.5 Å². The number of aromatic nitrogens is 4. The van der Waals surface area contributed by atoms with Crippen molar-refractivity contribution in [1.82, 2.24) is 30.2 Å². The molecule has 1 aliphatic carbocycles. The highest BCUT2D eigenvalue weighted by Gasteiger charge is 2.47. The van der Waals surface area contributed by atoms with Crippen molar-refractivity contribution in [3.63, 3.8) is 0 Å². The minimum absolute atomic E-state index is 0.0499. The van der Waals surface area contributed by atoms with Gasteiger partial charge < -0.3 is 9.47 Å². The van der Waals surface area contributed by atoms with E-state index in [-0.39, 0.29) is 21.6 Å². The zero-order valence-corrected chi connectivity index (χ0v) is 24.3. The average Bonchev–Trinajstić information content (AvgIpc) is 3.50. The highest BCUT2D eigenvalue weighted by Crippen LogP contribution is 2.48. The maximum atomic E-state index is 13.5. The fourth-order valence-electron chi connectivity index (χ4n) is 5.13. The predicted molar refractivity (Wildman–Crippen MR) is 146 cm³/mol. The molecule has 14 heteroatoms. The molecule has 0 saturated heterocycles. The molecule has 1 aliphatic heterocycles. The Labute approximate surface area is 236 Å². The predicted octanol–water partition coefficient (Wildman–Crippen LogP) is 3.58. The van der Waals surface area contributed by atoms with Crippen LogP contribution in [0.4, 0.5) is 5.82 Å². The number of methoxy groups -OCH3 is 2. The van der Waals surface area contributed by atoms with Crippen LogP contribution in [0.3, 0.4) is 0 Å². The highest BCUT2D eigenvalue weighted by molar-refractivity contribution is 9.10. The van der Waals surface area contributed by atoms with Gasteiger partial charge in [-0.15, -0.1) is 5.10 Å². The molecule has 3 heterocycles. The van der Waals surface area contributed by atoms with E-state index >= 15 is 0 Å². The molecule has 1 aromatic carbocycles. The standard InChI is InChI=1S/C25H26BrN7O5S/c1-11-21(39-32-29-11)24(36)31-30-23(35)13-10-27-33-19(12-6-14(26)20(38-5)17(7-12)37-4)18-15(28-22(13)33)8-25(2,3)9-16(18)34/h6-7,10,18-19H,8-9H2,1-5H3,(H,30,35)(H,31,36). The molecule has 39 heavy (non-hydrogen) atoms. The molecule has 2 aliphatic rings. The number of fused-ring (bicyclic) bond motifs is 2. The first-order valence-corrected chi connectivity index (χ1v) is 13.6. The van der Waals surface area contributed by atoms with Gasteiger partial charge in [0.1, 0.15) is 16.2 Å². The second kappa shape index (κ2) is 10.2. The van der Waals surface area contributed by atoms with Gasteiger partial charge >= 0.3 is 0 Å². The topological polar surface area (TPSA) is 150 Å². The van der Waals surface area contributed by atoms with Crippen LogP contribution in [-0.2, 0) is 4.79 Å². The molecule has 0 spiro atoms. The van der Waals surface area contributed by atoms with E-state index in [9.17, 15) is 14.4 Å². The second-order valence-corrected chi connectivity index (χ2v) is 11.8. The van der Waals surface area contributed by atoms with E-state index in [1.165, 1.54) is 13.3 Å². The van der Waals surface area contributed by atoms with E-state index in [1.54, 1.807) is 24.8 Å². The lowest BCUT2D eigenvalue weighted by Crippen LogP contribution is -2.45. The number of benzene rings is 1. The molecular formula is C25H26BrN7O5S. The summed E-state index contributed by atoms with van der Waals surface area (Å²) in [4.78, 5) is 44.3. The number of carbonyl (C=O) groups excluding carboxylic acids is 3. The summed E-state index contributed by atoms with van der Waals surface area (Å²) < 4.78 is 17.0. The van der Waals surface area contributed by atoms with Crippen LogP contribution < -0.4 is 20.3 Å². The van der Waals surface area contributed by atoms with E-state index in [1.807, 2.05) is 19.9 Å². The minimum Gasteiger partial charge on any atom is -0.493 e. The number of aryl methyl sites for hydroxylation is 1. The summed E-state index contributed by atoms with van der Waals surface area (Å²) in [5.74, 6) is -0.347. The van der Waals surface area contributed by atoms with Crippen molar-refractivity contribution in [3.05, 3.63) is 44.5 Å². The van der Waals surface area contributed by atoms with Crippen LogP contribution in [0.15, 0.2) is 27.8 Å². The summed E-state index contributed by atoms with van der Waals surface area (Å²) in [6, 6.07) is 3.09. The number of rotatable bonds is 5. The molecule has 2 aromatic heterocycles. The van der Waals surface area contributed by atoms with Crippen molar-refractivity contribution in [2.75, 3.05) is 14.2 Å². The van der Waals surface area contributed by atoms with Gasteiger partial charge in [-0.3, -0.25) is 25.2 Å². The number of nitrogens with one attached hydrogen (secondary N) is 2. The normalized spacial score (nSPS) is 19.4. The number of hydrogen-bond acceptors (Lipinski definition) is 10. The van der Waals surface area contributed by atoms with Crippen LogP contribution in [0.1, 0.15) is 64.0 Å². The SMILES string of the molecule is COc1cc(C2C3C(=O)CC(C)(C)CC3=Nc3c(C(=O)NNC(=O)c4snnc4C)cnn32)cc(Br)c1OC. The van der Waals surface area contributed by atoms with Crippen LogP contribution in [0.2, 0.25) is 0 Å². The third-order valence-electron chi connectivity index (χ3n) is 6.81. The van der Waals surface area contributed by atoms with Crippen molar-refractivity contribution in [1.29, 1.82) is 0 Å². The lowest BCUT2D eigenvalue weighted by molar-refractivity contribution is -0.124. The molecule has 5 rings (SSSR count). The number of ketones is 1. The third kappa shape index (κ3) is 4.82. The Morgan fingerprint density at radius 3 is 2.56 bits per heavy atom. The van der Waals surface area contributed by atoms with E-state index < -0.39 is 23.8 Å². The molecule has 2 unspecified atom stereocenters. The quantitative estimate of drug-likeness (QED) is 0.413. The van der Waals surface area contributed by atoms with Crippen molar-refractivity contribution in [3.8, 4) is 11.5 Å². The molecule has 12 nitrogen and oxygen atoms in total. The largest absolute Gasteiger partial charge is 0.493 e. The molecule has 204 valence electrons. The Hall–Kier alpha value is -3.65. The van der Waals surface area contributed by atoms with E-state index in [4.69, 9.17) is 14.5 Å². The molecule has 1 saturated carbocycles. The lowest BCUT2D eigenvalue weighted by Gasteiger charge is -2.40. The Bertz CT molecular complexity index is 1530. The van der Waals surface area contributed by atoms with Gasteiger partial charge in [-0.2, -0.15) is 5.10 Å². The van der Waals surface area contributed by atoms with Crippen LogP contribution in [-0.4, -0.2) is 56.9 Å². The lowest BCUT2D eigenvalue weighted by atomic mass is 9.67. The average molecular weight is 616 g/mol. The number of Topliss-reactive ketones (excluding diaryl/α,β-unsaturated/α-hetero) is 1. The first-order valence-electron chi connectivity index (χ1n) is 12.0. The number of hydrazine groups is 1. The molecular weight excluding hydrogens is 590 g/mol. The van der Waals surface area contributed by atoms with Crippen molar-refractivity contribution in [2.45, 2.75) is 39.7 Å². The molecule has 2 amide bonds. The van der Waals surface area contributed by atoms with Crippen LogP contribution in [0.5, 0.6) is 11.5 Å². The maximum absolute atomic E-state index is 13.5. The Kier molecular flexibility index (Phi) is 7.01. The molecule has 0 bridgehead atoms. The molecule has 0 radical (unpaired) electrons. The first kappa shape index (κ1) is 26.9. The van der Waals surface area contributed by atoms with Crippen molar-refractivity contribution < 1.29 is 23.9 Å². The van der Waals surface area contributed by atoms with Gasteiger partial charge in [0.2, 0.25) is 0 Å².